The topological polar surface area (TPSA) is 23.3 Å². The lowest BCUT2D eigenvalue weighted by molar-refractivity contribution is -0.401. The Labute approximate surface area is 217 Å². The van der Waals surface area contributed by atoms with Crippen LogP contribution in [0.3, 0.4) is 0 Å². The molecule has 2 aromatic carbocycles. The first-order valence-electron chi connectivity index (χ1n) is 13.3. The van der Waals surface area contributed by atoms with Gasteiger partial charge in [0.2, 0.25) is 5.69 Å². The van der Waals surface area contributed by atoms with E-state index in [4.69, 9.17) is 0 Å². The Morgan fingerprint density at radius 1 is 0.861 bits per heavy atom. The van der Waals surface area contributed by atoms with Crippen LogP contribution in [0.25, 0.3) is 0 Å². The van der Waals surface area contributed by atoms with Crippen molar-refractivity contribution in [3.63, 3.8) is 0 Å². The SMILES string of the molecule is CC(=O)CCCCCN1/C(=C/C=C/C=C/C2=[N+](C)c3ccccc3C2(C)C)C(C)(C)c2ccccc21. The van der Waals surface area contributed by atoms with E-state index in [9.17, 15) is 4.79 Å². The number of unbranched alkanes of at least 4 members (excludes halogenated alkanes) is 2. The van der Waals surface area contributed by atoms with Gasteiger partial charge >= 0.3 is 0 Å². The Morgan fingerprint density at radius 2 is 1.56 bits per heavy atom. The summed E-state index contributed by atoms with van der Waals surface area (Å²) in [4.78, 5) is 13.8. The smallest absolute Gasteiger partial charge is 0.209 e. The molecular formula is C33H41N2O+. The van der Waals surface area contributed by atoms with Gasteiger partial charge in [-0.25, -0.2) is 0 Å². The molecule has 0 amide bonds. The molecular weight excluding hydrogens is 440 g/mol. The minimum Gasteiger partial charge on any atom is -0.344 e. The third-order valence-electron chi connectivity index (χ3n) is 7.88. The molecule has 0 fully saturated rings. The zero-order valence-corrected chi connectivity index (χ0v) is 22.8. The van der Waals surface area contributed by atoms with Crippen LogP contribution in [0.5, 0.6) is 0 Å². The molecule has 36 heavy (non-hydrogen) atoms. The summed E-state index contributed by atoms with van der Waals surface area (Å²) < 4.78 is 2.31. The van der Waals surface area contributed by atoms with Crippen LogP contribution in [-0.2, 0) is 15.6 Å². The Hall–Kier alpha value is -3.20. The zero-order chi connectivity index (χ0) is 25.9. The minimum atomic E-state index is -0.0475. The Balaban J connectivity index is 1.52. The summed E-state index contributed by atoms with van der Waals surface area (Å²) in [6.45, 7) is 11.9. The van der Waals surface area contributed by atoms with Crippen molar-refractivity contribution in [2.45, 2.75) is 71.1 Å². The lowest BCUT2D eigenvalue weighted by Gasteiger charge is -2.27. The summed E-state index contributed by atoms with van der Waals surface area (Å²) in [6, 6.07) is 17.5. The normalized spacial score (nSPS) is 19.1. The van der Waals surface area contributed by atoms with Gasteiger partial charge in [-0.1, -0.05) is 74.9 Å². The highest BCUT2D eigenvalue weighted by Crippen LogP contribution is 2.47. The standard InChI is InChI=1S/C33H41N2O/c1-25(36)17-9-8-16-24-35-29-21-15-13-19-27(29)33(4,5)31(35)23-11-7-10-22-30-32(2,3)26-18-12-14-20-28(26)34(30)6/h7,10-15,18-23H,8-9,16-17,24H2,1-6H3/q+1. The van der Waals surface area contributed by atoms with Gasteiger partial charge in [-0.3, -0.25) is 0 Å². The van der Waals surface area contributed by atoms with E-state index in [0.29, 0.717) is 6.42 Å². The van der Waals surface area contributed by atoms with Gasteiger partial charge < -0.3 is 9.69 Å². The number of ketones is 1. The quantitative estimate of drug-likeness (QED) is 0.209. The number of hydrogen-bond acceptors (Lipinski definition) is 2. The van der Waals surface area contributed by atoms with E-state index < -0.39 is 0 Å². The average Bonchev–Trinajstić information content (AvgIpc) is 3.18. The fourth-order valence-electron chi connectivity index (χ4n) is 5.86. The molecule has 4 rings (SSSR count). The van der Waals surface area contributed by atoms with Crippen LogP contribution in [0.15, 0.2) is 84.6 Å². The summed E-state index contributed by atoms with van der Waals surface area (Å²) in [5.74, 6) is 0.288. The maximum absolute atomic E-state index is 11.3. The number of hydrogen-bond donors (Lipinski definition) is 0. The molecule has 0 spiro atoms. The van der Waals surface area contributed by atoms with Crippen molar-refractivity contribution in [3.05, 3.63) is 95.7 Å². The van der Waals surface area contributed by atoms with E-state index >= 15 is 0 Å². The lowest BCUT2D eigenvalue weighted by atomic mass is 9.81. The molecule has 0 saturated heterocycles. The van der Waals surface area contributed by atoms with Gasteiger partial charge in [-0.2, -0.15) is 4.58 Å². The number of anilines is 1. The van der Waals surface area contributed by atoms with E-state index in [0.717, 1.165) is 25.8 Å². The number of Topliss-reactive ketones (excluding diaryl/α,β-unsaturated/α-hetero) is 1. The summed E-state index contributed by atoms with van der Waals surface area (Å²) >= 11 is 0. The highest BCUT2D eigenvalue weighted by Gasteiger charge is 2.42. The molecule has 0 unspecified atom stereocenters. The van der Waals surface area contributed by atoms with E-state index in [-0.39, 0.29) is 16.6 Å². The number of benzene rings is 2. The fraction of sp³-hybridized carbons (Fsp3) is 0.394. The molecule has 0 bridgehead atoms. The molecule has 0 aliphatic carbocycles. The van der Waals surface area contributed by atoms with Crippen LogP contribution in [-0.4, -0.2) is 29.7 Å². The number of allylic oxidation sites excluding steroid dienone is 6. The molecule has 0 saturated carbocycles. The molecule has 2 aromatic rings. The molecule has 3 heteroatoms. The first-order chi connectivity index (χ1) is 17.2. The predicted molar refractivity (Wildman–Crippen MR) is 153 cm³/mol. The van der Waals surface area contributed by atoms with Crippen LogP contribution in [0.4, 0.5) is 11.4 Å². The molecule has 0 radical (unpaired) electrons. The largest absolute Gasteiger partial charge is 0.344 e. The van der Waals surface area contributed by atoms with Crippen LogP contribution in [0.1, 0.15) is 71.4 Å². The lowest BCUT2D eigenvalue weighted by Crippen LogP contribution is -2.27. The van der Waals surface area contributed by atoms with Crippen LogP contribution < -0.4 is 4.90 Å². The first kappa shape index (κ1) is 25.9. The number of carbonyl (C=O) groups excluding carboxylic acids is 1. The highest BCUT2D eigenvalue weighted by molar-refractivity contribution is 6.03. The summed E-state index contributed by atoms with van der Waals surface area (Å²) in [6.07, 6.45) is 14.8. The zero-order valence-electron chi connectivity index (χ0n) is 22.8. The highest BCUT2D eigenvalue weighted by atomic mass is 16.1. The van der Waals surface area contributed by atoms with E-state index in [1.54, 1.807) is 6.92 Å². The van der Waals surface area contributed by atoms with Crippen molar-refractivity contribution in [3.8, 4) is 0 Å². The fourth-order valence-corrected chi connectivity index (χ4v) is 5.86. The van der Waals surface area contributed by atoms with Crippen LogP contribution in [0.2, 0.25) is 0 Å². The van der Waals surface area contributed by atoms with Gasteiger partial charge in [-0.05, 0) is 51.3 Å². The van der Waals surface area contributed by atoms with Gasteiger partial charge in [0.15, 0.2) is 5.71 Å². The van der Waals surface area contributed by atoms with Crippen LogP contribution in [0, 0.1) is 0 Å². The Kier molecular flexibility index (Phi) is 7.49. The molecule has 2 aliphatic heterocycles. The maximum Gasteiger partial charge on any atom is 0.209 e. The molecule has 0 aromatic heterocycles. The number of fused-ring (bicyclic) bond motifs is 2. The Bertz CT molecular complexity index is 1260. The first-order valence-corrected chi connectivity index (χ1v) is 13.3. The third kappa shape index (κ3) is 4.89. The number of nitrogens with zero attached hydrogens (tertiary/aromatic N) is 2. The maximum atomic E-state index is 11.3. The second kappa shape index (κ2) is 10.4. The molecule has 188 valence electrons. The molecule has 2 heterocycles. The van der Waals surface area contributed by atoms with Crippen molar-refractivity contribution >= 4 is 22.9 Å². The number of carbonyl (C=O) groups is 1. The van der Waals surface area contributed by atoms with Gasteiger partial charge in [-0.15, -0.1) is 0 Å². The number of rotatable bonds is 9. The molecule has 0 N–H and O–H groups in total. The number of para-hydroxylation sites is 2. The van der Waals surface area contributed by atoms with Gasteiger partial charge in [0.05, 0.1) is 5.41 Å². The van der Waals surface area contributed by atoms with Crippen molar-refractivity contribution in [2.75, 3.05) is 18.5 Å². The molecule has 2 aliphatic rings. The van der Waals surface area contributed by atoms with E-state index in [2.05, 4.69) is 123 Å². The summed E-state index contributed by atoms with van der Waals surface area (Å²) in [5, 5.41) is 0. The van der Waals surface area contributed by atoms with Crippen molar-refractivity contribution in [1.82, 2.24) is 0 Å². The summed E-state index contributed by atoms with van der Waals surface area (Å²) in [5.41, 5.74) is 7.94. The minimum absolute atomic E-state index is 0.0115. The Morgan fingerprint density at radius 3 is 2.28 bits per heavy atom. The van der Waals surface area contributed by atoms with Crippen LogP contribution >= 0.6 is 0 Å². The van der Waals surface area contributed by atoms with Gasteiger partial charge in [0.1, 0.15) is 12.8 Å². The van der Waals surface area contributed by atoms with Gasteiger partial charge in [0.25, 0.3) is 0 Å². The van der Waals surface area contributed by atoms with Crippen molar-refractivity contribution < 1.29 is 9.37 Å². The molecule has 3 nitrogen and oxygen atoms in total. The average molecular weight is 482 g/mol. The second-order valence-electron chi connectivity index (χ2n) is 11.2. The second-order valence-corrected chi connectivity index (χ2v) is 11.2. The monoisotopic (exact) mass is 481 g/mol. The van der Waals surface area contributed by atoms with Gasteiger partial charge in [0, 0.05) is 47.5 Å². The third-order valence-corrected chi connectivity index (χ3v) is 7.88. The molecule has 0 atom stereocenters. The van der Waals surface area contributed by atoms with Crippen molar-refractivity contribution in [1.29, 1.82) is 0 Å². The predicted octanol–water partition coefficient (Wildman–Crippen LogP) is 7.64. The van der Waals surface area contributed by atoms with Crippen molar-refractivity contribution in [2.24, 2.45) is 0 Å². The van der Waals surface area contributed by atoms with E-state index in [1.165, 1.54) is 33.9 Å². The summed E-state index contributed by atoms with van der Waals surface area (Å²) in [7, 11) is 2.16. The van der Waals surface area contributed by atoms with E-state index in [1.807, 2.05) is 0 Å².